The van der Waals surface area contributed by atoms with E-state index in [0.717, 1.165) is 22.8 Å². The summed E-state index contributed by atoms with van der Waals surface area (Å²) >= 11 is 7.96. The highest BCUT2D eigenvalue weighted by atomic mass is 79.9. The lowest BCUT2D eigenvalue weighted by Crippen LogP contribution is -2.40. The standard InChI is InChI=1S/C14H24BrN3S2/c1-4-11-14(20-8-7-19-11)12(16-5-2)13-10(15)9-17-18(13)6-3/h9,11-12,14,16H,4-8H2,1-3H3. The summed E-state index contributed by atoms with van der Waals surface area (Å²) in [5, 5.41) is 9.56. The molecule has 0 bridgehead atoms. The van der Waals surface area contributed by atoms with Crippen LogP contribution in [0.4, 0.5) is 0 Å². The van der Waals surface area contributed by atoms with Gasteiger partial charge in [0.05, 0.1) is 22.4 Å². The molecule has 1 aromatic heterocycles. The smallest absolute Gasteiger partial charge is 0.0707 e. The Bertz CT molecular complexity index is 425. The van der Waals surface area contributed by atoms with Crippen molar-refractivity contribution in [3.63, 3.8) is 0 Å². The Balaban J connectivity index is 2.31. The van der Waals surface area contributed by atoms with Crippen LogP contribution in [0.25, 0.3) is 0 Å². The van der Waals surface area contributed by atoms with Crippen LogP contribution in [0.5, 0.6) is 0 Å². The van der Waals surface area contributed by atoms with Crippen LogP contribution in [-0.2, 0) is 6.54 Å². The third-order valence-electron chi connectivity index (χ3n) is 3.67. The van der Waals surface area contributed by atoms with Gasteiger partial charge in [0.15, 0.2) is 0 Å². The Labute approximate surface area is 139 Å². The molecule has 2 heterocycles. The van der Waals surface area contributed by atoms with Crippen LogP contribution in [0.2, 0.25) is 0 Å². The molecule has 3 unspecified atom stereocenters. The van der Waals surface area contributed by atoms with Crippen LogP contribution in [0.1, 0.15) is 38.9 Å². The summed E-state index contributed by atoms with van der Waals surface area (Å²) in [6.45, 7) is 8.57. The zero-order valence-electron chi connectivity index (χ0n) is 12.4. The Morgan fingerprint density at radius 2 is 2.15 bits per heavy atom. The molecule has 114 valence electrons. The number of hydrogen-bond acceptors (Lipinski definition) is 4. The van der Waals surface area contributed by atoms with Gasteiger partial charge in [-0.3, -0.25) is 4.68 Å². The summed E-state index contributed by atoms with van der Waals surface area (Å²) in [6, 6.07) is 0.375. The molecule has 0 amide bonds. The number of nitrogens with zero attached hydrogens (tertiary/aromatic N) is 2. The van der Waals surface area contributed by atoms with E-state index in [4.69, 9.17) is 0 Å². The Hall–Kier alpha value is 0.350. The molecule has 1 saturated heterocycles. The molecule has 1 aliphatic rings. The lowest BCUT2D eigenvalue weighted by atomic mass is 10.1. The first-order valence-electron chi connectivity index (χ1n) is 7.40. The number of aromatic nitrogens is 2. The normalized spacial score (nSPS) is 24.8. The van der Waals surface area contributed by atoms with E-state index >= 15 is 0 Å². The maximum Gasteiger partial charge on any atom is 0.0707 e. The molecule has 1 fully saturated rings. The van der Waals surface area contributed by atoms with Crippen LogP contribution in [0, 0.1) is 0 Å². The molecule has 6 heteroatoms. The van der Waals surface area contributed by atoms with Gasteiger partial charge in [-0.1, -0.05) is 13.8 Å². The number of thioether (sulfide) groups is 2. The molecular formula is C14H24BrN3S2. The zero-order chi connectivity index (χ0) is 14.5. The van der Waals surface area contributed by atoms with Gasteiger partial charge >= 0.3 is 0 Å². The summed E-state index contributed by atoms with van der Waals surface area (Å²) in [4.78, 5) is 0. The third-order valence-corrected chi connectivity index (χ3v) is 7.64. The first kappa shape index (κ1) is 16.7. The van der Waals surface area contributed by atoms with Crippen molar-refractivity contribution in [1.82, 2.24) is 15.1 Å². The molecule has 2 rings (SSSR count). The van der Waals surface area contributed by atoms with E-state index in [1.807, 2.05) is 6.20 Å². The maximum absolute atomic E-state index is 4.50. The van der Waals surface area contributed by atoms with Gasteiger partial charge in [-0.2, -0.15) is 28.6 Å². The fraction of sp³-hybridized carbons (Fsp3) is 0.786. The number of halogens is 1. The van der Waals surface area contributed by atoms with Gasteiger partial charge in [0.1, 0.15) is 0 Å². The molecule has 0 aliphatic carbocycles. The molecular weight excluding hydrogens is 354 g/mol. The predicted molar refractivity (Wildman–Crippen MR) is 94.8 cm³/mol. The summed E-state index contributed by atoms with van der Waals surface area (Å²) in [5.74, 6) is 2.54. The fourth-order valence-corrected chi connectivity index (χ4v) is 6.53. The lowest BCUT2D eigenvalue weighted by molar-refractivity contribution is 0.465. The van der Waals surface area contributed by atoms with Crippen molar-refractivity contribution in [1.29, 1.82) is 0 Å². The SMILES string of the molecule is CCNC(c1c(Br)cnn1CC)C1SCCSC1CC. The maximum atomic E-state index is 4.50. The van der Waals surface area contributed by atoms with Gasteiger partial charge < -0.3 is 5.32 Å². The summed E-state index contributed by atoms with van der Waals surface area (Å²) in [7, 11) is 0. The number of rotatable bonds is 6. The minimum Gasteiger partial charge on any atom is -0.308 e. The second kappa shape index (κ2) is 8.11. The molecule has 3 atom stereocenters. The lowest BCUT2D eigenvalue weighted by Gasteiger charge is -2.36. The van der Waals surface area contributed by atoms with Crippen LogP contribution in [0.3, 0.4) is 0 Å². The van der Waals surface area contributed by atoms with Crippen LogP contribution >= 0.6 is 39.5 Å². The molecule has 3 nitrogen and oxygen atoms in total. The van der Waals surface area contributed by atoms with Crippen molar-refractivity contribution in [2.45, 2.75) is 50.3 Å². The van der Waals surface area contributed by atoms with E-state index < -0.39 is 0 Å². The number of aryl methyl sites for hydroxylation is 1. The van der Waals surface area contributed by atoms with Crippen LogP contribution in [0.15, 0.2) is 10.7 Å². The Morgan fingerprint density at radius 1 is 1.40 bits per heavy atom. The second-order valence-electron chi connectivity index (χ2n) is 4.88. The zero-order valence-corrected chi connectivity index (χ0v) is 15.7. The molecule has 0 aromatic carbocycles. The fourth-order valence-electron chi connectivity index (χ4n) is 2.77. The summed E-state index contributed by atoms with van der Waals surface area (Å²) < 4.78 is 3.26. The minimum absolute atomic E-state index is 0.375. The van der Waals surface area contributed by atoms with Crippen molar-refractivity contribution in [3.05, 3.63) is 16.4 Å². The molecule has 0 radical (unpaired) electrons. The first-order valence-corrected chi connectivity index (χ1v) is 10.3. The van der Waals surface area contributed by atoms with Crippen molar-refractivity contribution in [3.8, 4) is 0 Å². The van der Waals surface area contributed by atoms with E-state index in [-0.39, 0.29) is 0 Å². The molecule has 1 aromatic rings. The monoisotopic (exact) mass is 377 g/mol. The largest absolute Gasteiger partial charge is 0.308 e. The second-order valence-corrected chi connectivity index (χ2v) is 8.37. The van der Waals surface area contributed by atoms with E-state index in [1.54, 1.807) is 0 Å². The van der Waals surface area contributed by atoms with E-state index in [2.05, 4.69) is 75.3 Å². The minimum atomic E-state index is 0.375. The molecule has 20 heavy (non-hydrogen) atoms. The average Bonchev–Trinajstić information content (AvgIpc) is 2.85. The molecule has 0 spiro atoms. The summed E-state index contributed by atoms with van der Waals surface area (Å²) in [5.41, 5.74) is 1.31. The van der Waals surface area contributed by atoms with Crippen molar-refractivity contribution in [2.24, 2.45) is 0 Å². The molecule has 0 saturated carbocycles. The molecule has 1 N–H and O–H groups in total. The average molecular weight is 378 g/mol. The van der Waals surface area contributed by atoms with Gasteiger partial charge in [-0.15, -0.1) is 0 Å². The first-order chi connectivity index (χ1) is 9.72. The number of nitrogens with one attached hydrogen (secondary N) is 1. The van der Waals surface area contributed by atoms with Crippen molar-refractivity contribution >= 4 is 39.5 Å². The van der Waals surface area contributed by atoms with Crippen LogP contribution < -0.4 is 5.32 Å². The van der Waals surface area contributed by atoms with Gasteiger partial charge in [0, 0.05) is 28.6 Å². The molecule has 1 aliphatic heterocycles. The van der Waals surface area contributed by atoms with Crippen molar-refractivity contribution < 1.29 is 0 Å². The Morgan fingerprint density at radius 3 is 2.80 bits per heavy atom. The highest BCUT2D eigenvalue weighted by molar-refractivity contribution is 9.10. The highest BCUT2D eigenvalue weighted by Gasteiger charge is 2.35. The predicted octanol–water partition coefficient (Wildman–Crippen LogP) is 3.94. The van der Waals surface area contributed by atoms with E-state index in [9.17, 15) is 0 Å². The quantitative estimate of drug-likeness (QED) is 0.812. The topological polar surface area (TPSA) is 29.9 Å². The van der Waals surface area contributed by atoms with Gasteiger partial charge in [0.2, 0.25) is 0 Å². The number of hydrogen-bond donors (Lipinski definition) is 1. The van der Waals surface area contributed by atoms with Gasteiger partial charge in [-0.25, -0.2) is 0 Å². The highest BCUT2D eigenvalue weighted by Crippen LogP contribution is 2.41. The summed E-state index contributed by atoms with van der Waals surface area (Å²) in [6.07, 6.45) is 3.17. The third kappa shape index (κ3) is 3.57. The Kier molecular flexibility index (Phi) is 6.78. The van der Waals surface area contributed by atoms with Gasteiger partial charge in [0.25, 0.3) is 0 Å². The van der Waals surface area contributed by atoms with Gasteiger partial charge in [-0.05, 0) is 35.8 Å². The van der Waals surface area contributed by atoms with Crippen molar-refractivity contribution in [2.75, 3.05) is 18.1 Å². The van der Waals surface area contributed by atoms with Crippen LogP contribution in [-0.4, -0.2) is 38.3 Å². The van der Waals surface area contributed by atoms with E-state index in [1.165, 1.54) is 23.6 Å². The van der Waals surface area contributed by atoms with E-state index in [0.29, 0.717) is 11.3 Å².